The first kappa shape index (κ1) is 19.5. The molecule has 0 spiro atoms. The fraction of sp³-hybridized carbons (Fsp3) is 0.824. The number of carbonyl (C=O) groups excluding carboxylic acids is 3. The standard InChI is InChI=1S/C17H28O6/c1-5-21-15(19)14-8-6-7-10-17(14,23-13(4)18)16(20)22-11-9-12(2)3/h12,14H,5-11H2,1-4H3. The Kier molecular flexibility index (Phi) is 7.52. The molecule has 23 heavy (non-hydrogen) atoms. The first-order chi connectivity index (χ1) is 10.8. The maximum atomic E-state index is 12.6. The van der Waals surface area contributed by atoms with Gasteiger partial charge in [-0.15, -0.1) is 0 Å². The van der Waals surface area contributed by atoms with Crippen LogP contribution in [0.15, 0.2) is 0 Å². The highest BCUT2D eigenvalue weighted by Crippen LogP contribution is 2.39. The molecule has 1 rings (SSSR count). The molecule has 0 aromatic rings. The second kappa shape index (κ2) is 8.89. The first-order valence-corrected chi connectivity index (χ1v) is 8.37. The molecule has 0 N–H and O–H groups in total. The Hall–Kier alpha value is -1.59. The van der Waals surface area contributed by atoms with Crippen LogP contribution in [0.4, 0.5) is 0 Å². The molecule has 0 amide bonds. The number of ether oxygens (including phenoxy) is 3. The summed E-state index contributed by atoms with van der Waals surface area (Å²) >= 11 is 0. The Bertz CT molecular complexity index is 431. The van der Waals surface area contributed by atoms with E-state index in [4.69, 9.17) is 14.2 Å². The van der Waals surface area contributed by atoms with Gasteiger partial charge in [0.1, 0.15) is 5.92 Å². The van der Waals surface area contributed by atoms with Crippen LogP contribution < -0.4 is 0 Å². The average Bonchev–Trinajstić information content (AvgIpc) is 2.46. The van der Waals surface area contributed by atoms with Crippen LogP contribution in [0.3, 0.4) is 0 Å². The van der Waals surface area contributed by atoms with Gasteiger partial charge in [0.25, 0.3) is 0 Å². The average molecular weight is 328 g/mol. The molecule has 0 heterocycles. The lowest BCUT2D eigenvalue weighted by atomic mass is 9.75. The molecule has 0 aromatic heterocycles. The second-order valence-corrected chi connectivity index (χ2v) is 6.35. The van der Waals surface area contributed by atoms with Gasteiger partial charge in [-0.05, 0) is 38.5 Å². The smallest absolute Gasteiger partial charge is 0.351 e. The molecule has 0 bridgehead atoms. The zero-order valence-electron chi connectivity index (χ0n) is 14.6. The minimum absolute atomic E-state index is 0.216. The van der Waals surface area contributed by atoms with Crippen molar-refractivity contribution in [1.29, 1.82) is 0 Å². The Morgan fingerprint density at radius 2 is 1.87 bits per heavy atom. The summed E-state index contributed by atoms with van der Waals surface area (Å²) in [6, 6.07) is 0. The van der Waals surface area contributed by atoms with E-state index in [9.17, 15) is 14.4 Å². The summed E-state index contributed by atoms with van der Waals surface area (Å²) in [4.78, 5) is 36.5. The maximum Gasteiger partial charge on any atom is 0.351 e. The molecular formula is C17H28O6. The van der Waals surface area contributed by atoms with Crippen LogP contribution in [0.2, 0.25) is 0 Å². The lowest BCUT2D eigenvalue weighted by Gasteiger charge is -2.39. The van der Waals surface area contributed by atoms with Crippen LogP contribution in [0, 0.1) is 11.8 Å². The van der Waals surface area contributed by atoms with E-state index in [-0.39, 0.29) is 19.6 Å². The molecule has 0 aromatic carbocycles. The van der Waals surface area contributed by atoms with Crippen LogP contribution in [0.1, 0.15) is 59.8 Å². The third-order valence-electron chi connectivity index (χ3n) is 4.02. The molecule has 2 atom stereocenters. The summed E-state index contributed by atoms with van der Waals surface area (Å²) in [6.45, 7) is 7.45. The summed E-state index contributed by atoms with van der Waals surface area (Å²) in [5.41, 5.74) is -1.55. The molecular weight excluding hydrogens is 300 g/mol. The molecule has 2 unspecified atom stereocenters. The van der Waals surface area contributed by atoms with Crippen molar-refractivity contribution in [2.45, 2.75) is 65.4 Å². The Morgan fingerprint density at radius 1 is 1.17 bits per heavy atom. The summed E-state index contributed by atoms with van der Waals surface area (Å²) in [5.74, 6) is -2.14. The first-order valence-electron chi connectivity index (χ1n) is 8.37. The zero-order valence-corrected chi connectivity index (χ0v) is 14.6. The van der Waals surface area contributed by atoms with Crippen molar-refractivity contribution in [3.05, 3.63) is 0 Å². The number of carbonyl (C=O) groups is 3. The minimum atomic E-state index is -1.55. The van der Waals surface area contributed by atoms with E-state index in [0.29, 0.717) is 25.2 Å². The summed E-state index contributed by atoms with van der Waals surface area (Å²) in [5, 5.41) is 0. The van der Waals surface area contributed by atoms with Gasteiger partial charge in [0.15, 0.2) is 0 Å². The van der Waals surface area contributed by atoms with Crippen molar-refractivity contribution in [3.8, 4) is 0 Å². The van der Waals surface area contributed by atoms with Crippen molar-refractivity contribution in [2.75, 3.05) is 13.2 Å². The summed E-state index contributed by atoms with van der Waals surface area (Å²) in [7, 11) is 0. The fourth-order valence-corrected chi connectivity index (χ4v) is 2.87. The third-order valence-corrected chi connectivity index (χ3v) is 4.02. The van der Waals surface area contributed by atoms with Crippen LogP contribution >= 0.6 is 0 Å². The Morgan fingerprint density at radius 3 is 2.43 bits per heavy atom. The minimum Gasteiger partial charge on any atom is -0.466 e. The highest BCUT2D eigenvalue weighted by atomic mass is 16.6. The zero-order chi connectivity index (χ0) is 17.5. The number of rotatable bonds is 7. The van der Waals surface area contributed by atoms with E-state index in [1.54, 1.807) is 6.92 Å². The van der Waals surface area contributed by atoms with Gasteiger partial charge in [-0.3, -0.25) is 9.59 Å². The van der Waals surface area contributed by atoms with Gasteiger partial charge in [0.05, 0.1) is 13.2 Å². The molecule has 6 nitrogen and oxygen atoms in total. The van der Waals surface area contributed by atoms with Crippen LogP contribution in [-0.2, 0) is 28.6 Å². The van der Waals surface area contributed by atoms with Gasteiger partial charge < -0.3 is 14.2 Å². The second-order valence-electron chi connectivity index (χ2n) is 6.35. The predicted molar refractivity (Wildman–Crippen MR) is 83.5 cm³/mol. The SMILES string of the molecule is CCOC(=O)C1CCCCC1(OC(C)=O)C(=O)OCCC(C)C. The highest BCUT2D eigenvalue weighted by molar-refractivity contribution is 5.90. The van der Waals surface area contributed by atoms with Crippen molar-refractivity contribution in [3.63, 3.8) is 0 Å². The van der Waals surface area contributed by atoms with Gasteiger partial charge in [-0.25, -0.2) is 4.79 Å². The molecule has 1 aliphatic rings. The maximum absolute atomic E-state index is 12.6. The van der Waals surface area contributed by atoms with Crippen LogP contribution in [-0.4, -0.2) is 36.7 Å². The quantitative estimate of drug-likeness (QED) is 0.528. The number of hydrogen-bond acceptors (Lipinski definition) is 6. The molecule has 0 radical (unpaired) electrons. The van der Waals surface area contributed by atoms with E-state index < -0.39 is 29.4 Å². The molecule has 0 saturated heterocycles. The normalized spacial score (nSPS) is 24.1. The summed E-state index contributed by atoms with van der Waals surface area (Å²) in [6.07, 6.45) is 2.93. The topological polar surface area (TPSA) is 78.9 Å². The lowest BCUT2D eigenvalue weighted by molar-refractivity contribution is -0.199. The number of esters is 3. The molecule has 0 aliphatic heterocycles. The van der Waals surface area contributed by atoms with E-state index in [1.807, 2.05) is 13.8 Å². The molecule has 1 aliphatic carbocycles. The van der Waals surface area contributed by atoms with Crippen LogP contribution in [0.25, 0.3) is 0 Å². The van der Waals surface area contributed by atoms with E-state index in [1.165, 1.54) is 6.92 Å². The Balaban J connectivity index is 2.98. The van der Waals surface area contributed by atoms with Gasteiger partial charge in [-0.2, -0.15) is 0 Å². The predicted octanol–water partition coefficient (Wildman–Crippen LogP) is 2.63. The van der Waals surface area contributed by atoms with Crippen molar-refractivity contribution in [2.24, 2.45) is 11.8 Å². The molecule has 6 heteroatoms. The van der Waals surface area contributed by atoms with Crippen molar-refractivity contribution < 1.29 is 28.6 Å². The summed E-state index contributed by atoms with van der Waals surface area (Å²) < 4.78 is 15.8. The van der Waals surface area contributed by atoms with Gasteiger partial charge >= 0.3 is 17.9 Å². The largest absolute Gasteiger partial charge is 0.466 e. The Labute approximate surface area is 137 Å². The van der Waals surface area contributed by atoms with Crippen molar-refractivity contribution >= 4 is 17.9 Å². The lowest BCUT2D eigenvalue weighted by Crippen LogP contribution is -2.55. The fourth-order valence-electron chi connectivity index (χ4n) is 2.87. The highest BCUT2D eigenvalue weighted by Gasteiger charge is 2.55. The van der Waals surface area contributed by atoms with Gasteiger partial charge in [0, 0.05) is 6.92 Å². The number of hydrogen-bond donors (Lipinski definition) is 0. The van der Waals surface area contributed by atoms with Crippen LogP contribution in [0.5, 0.6) is 0 Å². The van der Waals surface area contributed by atoms with E-state index in [0.717, 1.165) is 6.42 Å². The van der Waals surface area contributed by atoms with E-state index >= 15 is 0 Å². The third kappa shape index (κ3) is 5.22. The molecule has 1 saturated carbocycles. The monoisotopic (exact) mass is 328 g/mol. The van der Waals surface area contributed by atoms with Crippen molar-refractivity contribution in [1.82, 2.24) is 0 Å². The van der Waals surface area contributed by atoms with Gasteiger partial charge in [0.2, 0.25) is 5.60 Å². The van der Waals surface area contributed by atoms with E-state index in [2.05, 4.69) is 0 Å². The molecule has 132 valence electrons. The van der Waals surface area contributed by atoms with Gasteiger partial charge in [-0.1, -0.05) is 20.3 Å². The molecule has 1 fully saturated rings.